The second kappa shape index (κ2) is 6.90. The van der Waals surface area contributed by atoms with E-state index in [1.54, 1.807) is 6.07 Å². The maximum absolute atomic E-state index is 13.1. The third-order valence-corrected chi connectivity index (χ3v) is 3.70. The number of hydrogen-bond acceptors (Lipinski definition) is 5. The fraction of sp³-hybridized carbons (Fsp3) is 0.118. The van der Waals surface area contributed by atoms with Gasteiger partial charge in [-0.15, -0.1) is 0 Å². The summed E-state index contributed by atoms with van der Waals surface area (Å²) in [5, 5.41) is 2.38. The van der Waals surface area contributed by atoms with E-state index in [9.17, 15) is 14.0 Å². The summed E-state index contributed by atoms with van der Waals surface area (Å²) in [4.78, 5) is 28.2. The van der Waals surface area contributed by atoms with Crippen LogP contribution in [0, 0.1) is 5.82 Å². The number of anilines is 1. The average molecular weight is 363 g/mol. The van der Waals surface area contributed by atoms with Gasteiger partial charge in [0.2, 0.25) is 0 Å². The third-order valence-electron chi connectivity index (χ3n) is 3.41. The van der Waals surface area contributed by atoms with Crippen LogP contribution < -0.4 is 5.32 Å². The summed E-state index contributed by atoms with van der Waals surface area (Å²) < 4.78 is 23.3. The van der Waals surface area contributed by atoms with Gasteiger partial charge < -0.3 is 14.5 Å². The van der Waals surface area contributed by atoms with Crippen molar-refractivity contribution in [2.75, 3.05) is 5.32 Å². The number of hydrogen-bond donors (Lipinski definition) is 1. The van der Waals surface area contributed by atoms with E-state index in [4.69, 9.17) is 20.8 Å². The number of nitrogens with zero attached hydrogens (tertiary/aromatic N) is 1. The zero-order chi connectivity index (χ0) is 18.0. The molecule has 2 aromatic carbocycles. The summed E-state index contributed by atoms with van der Waals surface area (Å²) in [6.45, 7) is 1.42. The normalized spacial score (nSPS) is 12.0. The van der Waals surface area contributed by atoms with Crippen molar-refractivity contribution in [2.45, 2.75) is 13.0 Å². The summed E-state index contributed by atoms with van der Waals surface area (Å²) in [5.41, 5.74) is 1.58. The molecule has 1 unspecified atom stereocenters. The van der Waals surface area contributed by atoms with Gasteiger partial charge in [0.1, 0.15) is 11.3 Å². The zero-order valence-corrected chi connectivity index (χ0v) is 13.7. The highest BCUT2D eigenvalue weighted by Gasteiger charge is 2.20. The van der Waals surface area contributed by atoms with Crippen LogP contribution in [0.3, 0.4) is 0 Å². The van der Waals surface area contributed by atoms with Gasteiger partial charge in [-0.1, -0.05) is 11.6 Å². The first-order chi connectivity index (χ1) is 11.9. The third kappa shape index (κ3) is 3.77. The number of carbonyl (C=O) groups excluding carboxylic acids is 2. The molecular weight excluding hydrogens is 351 g/mol. The number of rotatable bonds is 4. The van der Waals surface area contributed by atoms with E-state index < -0.39 is 23.8 Å². The van der Waals surface area contributed by atoms with E-state index in [0.717, 1.165) is 6.07 Å². The van der Waals surface area contributed by atoms with Gasteiger partial charge in [0, 0.05) is 5.69 Å². The number of fused-ring (bicyclic) bond motifs is 1. The molecule has 0 aliphatic heterocycles. The number of esters is 1. The van der Waals surface area contributed by atoms with E-state index in [-0.39, 0.29) is 10.6 Å². The number of carbonyl (C=O) groups is 2. The zero-order valence-electron chi connectivity index (χ0n) is 13.0. The molecule has 1 heterocycles. The summed E-state index contributed by atoms with van der Waals surface area (Å²) in [7, 11) is 0. The van der Waals surface area contributed by atoms with Gasteiger partial charge in [-0.05, 0) is 43.3 Å². The molecule has 6 nitrogen and oxygen atoms in total. The highest BCUT2D eigenvalue weighted by molar-refractivity contribution is 6.31. The monoisotopic (exact) mass is 362 g/mol. The Bertz CT molecular complexity index is 957. The Hall–Kier alpha value is -2.93. The first-order valence-electron chi connectivity index (χ1n) is 7.24. The van der Waals surface area contributed by atoms with Gasteiger partial charge in [-0.2, -0.15) is 0 Å². The van der Waals surface area contributed by atoms with Crippen LogP contribution >= 0.6 is 11.6 Å². The molecule has 25 heavy (non-hydrogen) atoms. The molecule has 128 valence electrons. The topological polar surface area (TPSA) is 81.4 Å². The molecule has 8 heteroatoms. The summed E-state index contributed by atoms with van der Waals surface area (Å²) in [6.07, 6.45) is 0.202. The maximum atomic E-state index is 13.1. The van der Waals surface area contributed by atoms with Crippen molar-refractivity contribution >= 4 is 40.3 Å². The Balaban J connectivity index is 1.65. The number of aromatic nitrogens is 1. The van der Waals surface area contributed by atoms with Crippen LogP contribution in [0.2, 0.25) is 5.02 Å². The van der Waals surface area contributed by atoms with Gasteiger partial charge in [0.25, 0.3) is 5.91 Å². The molecule has 0 spiro atoms. The Labute approximate surface area is 146 Å². The molecule has 0 bridgehead atoms. The fourth-order valence-electron chi connectivity index (χ4n) is 2.08. The molecular formula is C17H12ClFN2O4. The van der Waals surface area contributed by atoms with Gasteiger partial charge in [-0.25, -0.2) is 14.2 Å². The quantitative estimate of drug-likeness (QED) is 0.714. The molecule has 0 fully saturated rings. The fourth-order valence-corrected chi connectivity index (χ4v) is 2.27. The number of benzene rings is 2. The lowest BCUT2D eigenvalue weighted by atomic mass is 10.2. The number of amides is 1. The molecule has 0 saturated heterocycles. The van der Waals surface area contributed by atoms with Crippen LogP contribution in [0.1, 0.15) is 17.3 Å². The number of oxazole rings is 1. The Morgan fingerprint density at radius 1 is 1.28 bits per heavy atom. The molecule has 0 aliphatic carbocycles. The van der Waals surface area contributed by atoms with E-state index in [1.807, 2.05) is 0 Å². The number of ether oxygens (including phenoxy) is 1. The molecule has 3 aromatic rings. The minimum atomic E-state index is -1.07. The van der Waals surface area contributed by atoms with Gasteiger partial charge in [0.05, 0.1) is 10.6 Å². The van der Waals surface area contributed by atoms with Crippen LogP contribution in [0.25, 0.3) is 11.1 Å². The van der Waals surface area contributed by atoms with Crippen molar-refractivity contribution in [3.05, 3.63) is 59.2 Å². The van der Waals surface area contributed by atoms with Crippen LogP contribution in [0.15, 0.2) is 47.2 Å². The van der Waals surface area contributed by atoms with Crippen molar-refractivity contribution in [2.24, 2.45) is 0 Å². The molecule has 0 aliphatic rings. The van der Waals surface area contributed by atoms with E-state index in [2.05, 4.69) is 10.3 Å². The highest BCUT2D eigenvalue weighted by Crippen LogP contribution is 2.20. The Morgan fingerprint density at radius 3 is 2.84 bits per heavy atom. The van der Waals surface area contributed by atoms with Crippen LogP contribution in [0.5, 0.6) is 0 Å². The van der Waals surface area contributed by atoms with Gasteiger partial charge in [-0.3, -0.25) is 4.79 Å². The summed E-state index contributed by atoms with van der Waals surface area (Å²) in [5.74, 6) is -1.84. The van der Waals surface area contributed by atoms with E-state index in [1.165, 1.54) is 37.6 Å². The van der Waals surface area contributed by atoms with Crippen molar-refractivity contribution in [3.8, 4) is 0 Å². The second-order valence-corrected chi connectivity index (χ2v) is 5.61. The van der Waals surface area contributed by atoms with Crippen molar-refractivity contribution < 1.29 is 23.1 Å². The first kappa shape index (κ1) is 16.9. The van der Waals surface area contributed by atoms with Crippen LogP contribution in [0.4, 0.5) is 10.1 Å². The van der Waals surface area contributed by atoms with Crippen molar-refractivity contribution in [1.29, 1.82) is 0 Å². The lowest BCUT2D eigenvalue weighted by Gasteiger charge is -2.13. The largest absolute Gasteiger partial charge is 0.449 e. The Kier molecular flexibility index (Phi) is 4.67. The van der Waals surface area contributed by atoms with Crippen LogP contribution in [-0.4, -0.2) is 23.0 Å². The lowest BCUT2D eigenvalue weighted by Crippen LogP contribution is -2.30. The number of nitrogens with one attached hydrogen (secondary N) is 1. The van der Waals surface area contributed by atoms with E-state index >= 15 is 0 Å². The smallest absolute Gasteiger partial charge is 0.338 e. The van der Waals surface area contributed by atoms with Crippen molar-refractivity contribution in [3.63, 3.8) is 0 Å². The SMILES string of the molecule is CC(OC(=O)c1ccc2ocnc2c1)C(=O)Nc1ccc(F)c(Cl)c1. The molecule has 0 radical (unpaired) electrons. The average Bonchev–Trinajstić information content (AvgIpc) is 3.05. The minimum Gasteiger partial charge on any atom is -0.449 e. The van der Waals surface area contributed by atoms with E-state index in [0.29, 0.717) is 16.8 Å². The molecule has 1 aromatic heterocycles. The van der Waals surface area contributed by atoms with Gasteiger partial charge >= 0.3 is 5.97 Å². The Morgan fingerprint density at radius 2 is 2.08 bits per heavy atom. The standard InChI is InChI=1S/C17H12ClFN2O4/c1-9(16(22)21-11-3-4-13(19)12(18)7-11)25-17(23)10-2-5-15-14(6-10)20-8-24-15/h2-9H,1H3,(H,21,22). The molecule has 3 rings (SSSR count). The van der Waals surface area contributed by atoms with Gasteiger partial charge in [0.15, 0.2) is 18.1 Å². The second-order valence-electron chi connectivity index (χ2n) is 5.20. The molecule has 1 amide bonds. The lowest BCUT2D eigenvalue weighted by molar-refractivity contribution is -0.123. The minimum absolute atomic E-state index is 0.122. The number of halogens is 2. The summed E-state index contributed by atoms with van der Waals surface area (Å²) >= 11 is 5.65. The molecule has 0 saturated carbocycles. The van der Waals surface area contributed by atoms with Crippen LogP contribution in [-0.2, 0) is 9.53 Å². The highest BCUT2D eigenvalue weighted by atomic mass is 35.5. The predicted molar refractivity (Wildman–Crippen MR) is 88.9 cm³/mol. The molecule has 1 N–H and O–H groups in total. The predicted octanol–water partition coefficient (Wildman–Crippen LogP) is 3.80. The first-order valence-corrected chi connectivity index (χ1v) is 7.62. The summed E-state index contributed by atoms with van der Waals surface area (Å²) in [6, 6.07) is 8.35. The van der Waals surface area contributed by atoms with Crippen molar-refractivity contribution in [1.82, 2.24) is 4.98 Å². The maximum Gasteiger partial charge on any atom is 0.338 e. The molecule has 1 atom stereocenters.